The first kappa shape index (κ1) is 18.7. The maximum atomic E-state index is 12.5. The number of carbonyl (C=O) groups is 2. The van der Waals surface area contributed by atoms with E-state index < -0.39 is 0 Å². The van der Waals surface area contributed by atoms with E-state index in [0.29, 0.717) is 21.8 Å². The fraction of sp³-hybridized carbons (Fsp3) is 0.0909. The molecule has 0 aliphatic rings. The van der Waals surface area contributed by atoms with Gasteiger partial charge in [-0.05, 0) is 42.8 Å². The van der Waals surface area contributed by atoms with Gasteiger partial charge in [-0.2, -0.15) is 0 Å². The minimum absolute atomic E-state index is 0.125. The third kappa shape index (κ3) is 4.74. The molecule has 4 nitrogen and oxygen atoms in total. The van der Waals surface area contributed by atoms with Gasteiger partial charge in [0.25, 0.3) is 11.8 Å². The standard InChI is InChI=1S/C22H19ClN2O2/c1-15(16-8-3-2-4-9-16)24-21(26)17-10-7-11-18(14-17)25-22(27)19-12-5-6-13-20(19)23/h2-15H,1H3,(H,24,26)(H,25,27). The number of halogens is 1. The summed E-state index contributed by atoms with van der Waals surface area (Å²) in [6.07, 6.45) is 0. The molecule has 1 unspecified atom stereocenters. The number of carbonyl (C=O) groups excluding carboxylic acids is 2. The van der Waals surface area contributed by atoms with E-state index in [2.05, 4.69) is 10.6 Å². The van der Waals surface area contributed by atoms with Gasteiger partial charge in [-0.1, -0.05) is 60.1 Å². The lowest BCUT2D eigenvalue weighted by Gasteiger charge is -2.15. The predicted molar refractivity (Wildman–Crippen MR) is 108 cm³/mol. The minimum Gasteiger partial charge on any atom is -0.346 e. The van der Waals surface area contributed by atoms with Crippen LogP contribution in [0.5, 0.6) is 0 Å². The predicted octanol–water partition coefficient (Wildman–Crippen LogP) is 5.08. The molecule has 136 valence electrons. The Balaban J connectivity index is 1.70. The Hall–Kier alpha value is -3.11. The first-order chi connectivity index (χ1) is 13.0. The monoisotopic (exact) mass is 378 g/mol. The van der Waals surface area contributed by atoms with Crippen LogP contribution in [0.25, 0.3) is 0 Å². The number of amides is 2. The number of anilines is 1. The average molecular weight is 379 g/mol. The largest absolute Gasteiger partial charge is 0.346 e. The second kappa shape index (κ2) is 8.52. The molecule has 0 fully saturated rings. The van der Waals surface area contributed by atoms with Crippen molar-refractivity contribution in [1.29, 1.82) is 0 Å². The first-order valence-electron chi connectivity index (χ1n) is 8.56. The molecule has 0 aromatic heterocycles. The molecular weight excluding hydrogens is 360 g/mol. The summed E-state index contributed by atoms with van der Waals surface area (Å²) in [4.78, 5) is 24.9. The summed E-state index contributed by atoms with van der Waals surface area (Å²) in [5.74, 6) is -0.531. The lowest BCUT2D eigenvalue weighted by atomic mass is 10.1. The van der Waals surface area contributed by atoms with Crippen LogP contribution in [-0.4, -0.2) is 11.8 Å². The number of rotatable bonds is 5. The fourth-order valence-electron chi connectivity index (χ4n) is 2.69. The van der Waals surface area contributed by atoms with Gasteiger partial charge in [0.2, 0.25) is 0 Å². The number of hydrogen-bond acceptors (Lipinski definition) is 2. The van der Waals surface area contributed by atoms with E-state index in [0.717, 1.165) is 5.56 Å². The van der Waals surface area contributed by atoms with Crippen molar-refractivity contribution in [3.8, 4) is 0 Å². The van der Waals surface area contributed by atoms with Gasteiger partial charge in [-0.15, -0.1) is 0 Å². The van der Waals surface area contributed by atoms with Crippen LogP contribution >= 0.6 is 11.6 Å². The highest BCUT2D eigenvalue weighted by Gasteiger charge is 2.13. The van der Waals surface area contributed by atoms with E-state index in [1.54, 1.807) is 48.5 Å². The molecule has 3 rings (SSSR count). The van der Waals surface area contributed by atoms with Gasteiger partial charge >= 0.3 is 0 Å². The smallest absolute Gasteiger partial charge is 0.257 e. The zero-order valence-electron chi connectivity index (χ0n) is 14.8. The van der Waals surface area contributed by atoms with Crippen molar-refractivity contribution < 1.29 is 9.59 Å². The molecule has 0 radical (unpaired) electrons. The summed E-state index contributed by atoms with van der Waals surface area (Å²) in [6.45, 7) is 1.93. The number of nitrogens with one attached hydrogen (secondary N) is 2. The molecule has 0 heterocycles. The molecule has 0 aliphatic heterocycles. The minimum atomic E-state index is -0.323. The normalized spacial score (nSPS) is 11.5. The molecule has 0 saturated heterocycles. The molecule has 0 bridgehead atoms. The molecule has 0 aliphatic carbocycles. The first-order valence-corrected chi connectivity index (χ1v) is 8.94. The van der Waals surface area contributed by atoms with Gasteiger partial charge in [0.15, 0.2) is 0 Å². The average Bonchev–Trinajstić information content (AvgIpc) is 2.69. The Bertz CT molecular complexity index is 957. The summed E-state index contributed by atoms with van der Waals surface area (Å²) in [6, 6.07) is 23.2. The molecule has 3 aromatic carbocycles. The Morgan fingerprint density at radius 3 is 2.30 bits per heavy atom. The molecule has 1 atom stereocenters. The van der Waals surface area contributed by atoms with Crippen LogP contribution in [0.2, 0.25) is 5.02 Å². The molecule has 2 N–H and O–H groups in total. The van der Waals surface area contributed by atoms with E-state index in [1.165, 1.54) is 0 Å². The van der Waals surface area contributed by atoms with Crippen molar-refractivity contribution in [2.45, 2.75) is 13.0 Å². The van der Waals surface area contributed by atoms with Crippen molar-refractivity contribution >= 4 is 29.1 Å². The second-order valence-corrected chi connectivity index (χ2v) is 6.53. The highest BCUT2D eigenvalue weighted by Crippen LogP contribution is 2.18. The topological polar surface area (TPSA) is 58.2 Å². The molecule has 2 amide bonds. The van der Waals surface area contributed by atoms with Crippen molar-refractivity contribution in [2.24, 2.45) is 0 Å². The highest BCUT2D eigenvalue weighted by molar-refractivity contribution is 6.34. The fourth-order valence-corrected chi connectivity index (χ4v) is 2.91. The van der Waals surface area contributed by atoms with Gasteiger partial charge < -0.3 is 10.6 Å². The van der Waals surface area contributed by atoms with E-state index in [-0.39, 0.29) is 17.9 Å². The third-order valence-corrected chi connectivity index (χ3v) is 4.48. The quantitative estimate of drug-likeness (QED) is 0.650. The zero-order chi connectivity index (χ0) is 19.2. The highest BCUT2D eigenvalue weighted by atomic mass is 35.5. The number of hydrogen-bond donors (Lipinski definition) is 2. The van der Waals surface area contributed by atoms with Crippen LogP contribution < -0.4 is 10.6 Å². The summed E-state index contributed by atoms with van der Waals surface area (Å²) in [5.41, 5.74) is 2.40. The van der Waals surface area contributed by atoms with Crippen LogP contribution in [0.3, 0.4) is 0 Å². The summed E-state index contributed by atoms with van der Waals surface area (Å²) < 4.78 is 0. The van der Waals surface area contributed by atoms with Crippen molar-refractivity contribution in [3.05, 3.63) is 101 Å². The summed E-state index contributed by atoms with van der Waals surface area (Å²) in [7, 11) is 0. The molecule has 0 saturated carbocycles. The van der Waals surface area contributed by atoms with Crippen LogP contribution in [-0.2, 0) is 0 Å². The summed E-state index contributed by atoms with van der Waals surface area (Å²) >= 11 is 6.06. The Labute approximate surface area is 163 Å². The molecule has 27 heavy (non-hydrogen) atoms. The Morgan fingerprint density at radius 1 is 0.852 bits per heavy atom. The SMILES string of the molecule is CC(NC(=O)c1cccc(NC(=O)c2ccccc2Cl)c1)c1ccccc1. The molecule has 5 heteroatoms. The number of benzene rings is 3. The van der Waals surface area contributed by atoms with Gasteiger partial charge in [0.05, 0.1) is 16.6 Å². The van der Waals surface area contributed by atoms with E-state index >= 15 is 0 Å². The van der Waals surface area contributed by atoms with Crippen LogP contribution in [0.1, 0.15) is 39.2 Å². The van der Waals surface area contributed by atoms with Crippen LogP contribution in [0.4, 0.5) is 5.69 Å². The zero-order valence-corrected chi connectivity index (χ0v) is 15.5. The molecular formula is C22H19ClN2O2. The Morgan fingerprint density at radius 2 is 1.56 bits per heavy atom. The summed E-state index contributed by atoms with van der Waals surface area (Å²) in [5, 5.41) is 6.11. The van der Waals surface area contributed by atoms with Gasteiger partial charge in [0, 0.05) is 11.3 Å². The van der Waals surface area contributed by atoms with Crippen molar-refractivity contribution in [2.75, 3.05) is 5.32 Å². The van der Waals surface area contributed by atoms with Crippen LogP contribution in [0, 0.1) is 0 Å². The Kier molecular flexibility index (Phi) is 5.89. The molecule has 0 spiro atoms. The lowest BCUT2D eigenvalue weighted by molar-refractivity contribution is 0.0938. The second-order valence-electron chi connectivity index (χ2n) is 6.12. The van der Waals surface area contributed by atoms with Gasteiger partial charge in [-0.25, -0.2) is 0 Å². The van der Waals surface area contributed by atoms with E-state index in [1.807, 2.05) is 37.3 Å². The van der Waals surface area contributed by atoms with Gasteiger partial charge in [-0.3, -0.25) is 9.59 Å². The van der Waals surface area contributed by atoms with Crippen LogP contribution in [0.15, 0.2) is 78.9 Å². The maximum Gasteiger partial charge on any atom is 0.257 e. The van der Waals surface area contributed by atoms with Crippen molar-refractivity contribution in [3.63, 3.8) is 0 Å². The molecule has 3 aromatic rings. The maximum absolute atomic E-state index is 12.5. The van der Waals surface area contributed by atoms with Gasteiger partial charge in [0.1, 0.15) is 0 Å². The van der Waals surface area contributed by atoms with E-state index in [9.17, 15) is 9.59 Å². The van der Waals surface area contributed by atoms with Crippen molar-refractivity contribution in [1.82, 2.24) is 5.32 Å². The third-order valence-electron chi connectivity index (χ3n) is 4.15. The van der Waals surface area contributed by atoms with E-state index in [4.69, 9.17) is 11.6 Å². The lowest BCUT2D eigenvalue weighted by Crippen LogP contribution is -2.26.